The van der Waals surface area contributed by atoms with Gasteiger partial charge < -0.3 is 5.32 Å². The highest BCUT2D eigenvalue weighted by Crippen LogP contribution is 2.39. The van der Waals surface area contributed by atoms with Gasteiger partial charge in [-0.2, -0.15) is 0 Å². The van der Waals surface area contributed by atoms with E-state index in [2.05, 4.69) is 65.3 Å². The maximum Gasteiger partial charge on any atom is 0.0213 e. The van der Waals surface area contributed by atoms with Crippen molar-refractivity contribution in [3.8, 4) is 0 Å². The molecule has 3 aromatic rings. The van der Waals surface area contributed by atoms with Gasteiger partial charge in [0.25, 0.3) is 0 Å². The Morgan fingerprint density at radius 1 is 0.909 bits per heavy atom. The van der Waals surface area contributed by atoms with Crippen LogP contribution in [0.5, 0.6) is 0 Å². The van der Waals surface area contributed by atoms with E-state index in [9.17, 15) is 0 Å². The van der Waals surface area contributed by atoms with Crippen LogP contribution in [0.15, 0.2) is 60.0 Å². The summed E-state index contributed by atoms with van der Waals surface area (Å²) in [6.07, 6.45) is 2.55. The number of thiophene rings is 1. The van der Waals surface area contributed by atoms with E-state index >= 15 is 0 Å². The Balaban J connectivity index is 1.78. The first-order valence-corrected chi connectivity index (χ1v) is 9.02. The minimum atomic E-state index is 0.548. The zero-order chi connectivity index (χ0) is 14.8. The Kier molecular flexibility index (Phi) is 3.96. The Labute approximate surface area is 136 Å². The summed E-state index contributed by atoms with van der Waals surface area (Å²) in [5, 5.41) is 8.40. The second-order valence-corrected chi connectivity index (χ2v) is 7.17. The molecular formula is C20H21NS. The van der Waals surface area contributed by atoms with Crippen LogP contribution in [0.1, 0.15) is 29.2 Å². The van der Waals surface area contributed by atoms with Crippen molar-refractivity contribution >= 4 is 22.1 Å². The van der Waals surface area contributed by atoms with Gasteiger partial charge in [0.1, 0.15) is 0 Å². The maximum atomic E-state index is 3.50. The van der Waals surface area contributed by atoms with E-state index in [1.165, 1.54) is 34.1 Å². The molecule has 1 atom stereocenters. The van der Waals surface area contributed by atoms with Gasteiger partial charge in [0.05, 0.1) is 0 Å². The van der Waals surface area contributed by atoms with E-state index in [-0.39, 0.29) is 0 Å². The number of hydrogen-bond donors (Lipinski definition) is 1. The number of fused-ring (bicyclic) bond motifs is 1. The minimum Gasteiger partial charge on any atom is -0.317 e. The molecule has 112 valence electrons. The van der Waals surface area contributed by atoms with Crippen molar-refractivity contribution in [2.45, 2.75) is 18.8 Å². The Morgan fingerprint density at radius 3 is 2.50 bits per heavy atom. The molecule has 1 fully saturated rings. The summed E-state index contributed by atoms with van der Waals surface area (Å²) in [7, 11) is 0. The first-order chi connectivity index (χ1) is 10.9. The first-order valence-electron chi connectivity index (χ1n) is 8.14. The van der Waals surface area contributed by atoms with Gasteiger partial charge in [0, 0.05) is 10.8 Å². The largest absolute Gasteiger partial charge is 0.317 e. The Morgan fingerprint density at radius 2 is 1.73 bits per heavy atom. The summed E-state index contributed by atoms with van der Waals surface area (Å²) in [6.45, 7) is 2.31. The average molecular weight is 307 g/mol. The normalized spacial score (nSPS) is 17.6. The molecule has 1 aliphatic heterocycles. The molecule has 2 heteroatoms. The Bertz CT molecular complexity index is 741. The van der Waals surface area contributed by atoms with Crippen molar-refractivity contribution in [1.82, 2.24) is 5.32 Å². The monoisotopic (exact) mass is 307 g/mol. The van der Waals surface area contributed by atoms with E-state index in [0.717, 1.165) is 19.0 Å². The summed E-state index contributed by atoms with van der Waals surface area (Å²) in [5.41, 5.74) is 1.48. The maximum absolute atomic E-state index is 3.50. The van der Waals surface area contributed by atoms with Gasteiger partial charge in [0.2, 0.25) is 0 Å². The van der Waals surface area contributed by atoms with Crippen molar-refractivity contribution in [3.63, 3.8) is 0 Å². The number of benzene rings is 2. The Hall–Kier alpha value is -1.64. The van der Waals surface area contributed by atoms with Crippen LogP contribution in [0.4, 0.5) is 0 Å². The highest BCUT2D eigenvalue weighted by molar-refractivity contribution is 7.10. The van der Waals surface area contributed by atoms with E-state index in [4.69, 9.17) is 0 Å². The predicted octanol–water partition coefficient (Wildman–Crippen LogP) is 5.03. The van der Waals surface area contributed by atoms with Gasteiger partial charge in [-0.25, -0.2) is 0 Å². The zero-order valence-electron chi connectivity index (χ0n) is 12.7. The molecular weight excluding hydrogens is 286 g/mol. The van der Waals surface area contributed by atoms with Crippen LogP contribution in [-0.4, -0.2) is 13.1 Å². The molecule has 1 N–H and O–H groups in total. The van der Waals surface area contributed by atoms with Gasteiger partial charge in [0.15, 0.2) is 0 Å². The fraction of sp³-hybridized carbons (Fsp3) is 0.300. The molecule has 2 heterocycles. The smallest absolute Gasteiger partial charge is 0.0213 e. The lowest BCUT2D eigenvalue weighted by molar-refractivity contribution is 0.345. The third-order valence-electron chi connectivity index (χ3n) is 4.84. The molecule has 0 aliphatic carbocycles. The average Bonchev–Trinajstić information content (AvgIpc) is 3.10. The molecule has 0 saturated carbocycles. The summed E-state index contributed by atoms with van der Waals surface area (Å²) < 4.78 is 0. The van der Waals surface area contributed by atoms with Crippen LogP contribution < -0.4 is 5.32 Å². The highest BCUT2D eigenvalue weighted by Gasteiger charge is 2.27. The molecule has 0 radical (unpaired) electrons. The fourth-order valence-corrected chi connectivity index (χ4v) is 4.66. The molecule has 0 spiro atoms. The molecule has 1 saturated heterocycles. The van der Waals surface area contributed by atoms with Crippen LogP contribution in [0.3, 0.4) is 0 Å². The SMILES string of the molecule is c1csc(C(c2ccc3ccccc3c2)C2CCNCC2)c1. The lowest BCUT2D eigenvalue weighted by Gasteiger charge is -2.30. The molecule has 22 heavy (non-hydrogen) atoms. The van der Waals surface area contributed by atoms with Crippen LogP contribution in [0.25, 0.3) is 10.8 Å². The topological polar surface area (TPSA) is 12.0 Å². The molecule has 2 aromatic carbocycles. The minimum absolute atomic E-state index is 0.548. The standard InChI is InChI=1S/C20H21NS/c1-2-5-17-14-18(8-7-15(17)4-1)20(19-6-3-13-22-19)16-9-11-21-12-10-16/h1-8,13-14,16,20-21H,9-12H2. The van der Waals surface area contributed by atoms with Gasteiger partial charge in [-0.05, 0) is 59.6 Å². The van der Waals surface area contributed by atoms with Gasteiger partial charge >= 0.3 is 0 Å². The summed E-state index contributed by atoms with van der Waals surface area (Å²) in [5.74, 6) is 1.30. The number of rotatable bonds is 3. The third-order valence-corrected chi connectivity index (χ3v) is 5.79. The van der Waals surface area contributed by atoms with Gasteiger partial charge in [-0.3, -0.25) is 0 Å². The fourth-order valence-electron chi connectivity index (χ4n) is 3.72. The highest BCUT2D eigenvalue weighted by atomic mass is 32.1. The molecule has 1 aromatic heterocycles. The molecule has 1 nitrogen and oxygen atoms in total. The number of hydrogen-bond acceptors (Lipinski definition) is 2. The van der Waals surface area contributed by atoms with Crippen molar-refractivity contribution < 1.29 is 0 Å². The van der Waals surface area contributed by atoms with E-state index < -0.39 is 0 Å². The lowest BCUT2D eigenvalue weighted by Crippen LogP contribution is -2.31. The van der Waals surface area contributed by atoms with Crippen LogP contribution in [-0.2, 0) is 0 Å². The molecule has 4 rings (SSSR count). The van der Waals surface area contributed by atoms with Gasteiger partial charge in [-0.15, -0.1) is 11.3 Å². The first kappa shape index (κ1) is 14.0. The quantitative estimate of drug-likeness (QED) is 0.715. The van der Waals surface area contributed by atoms with Crippen molar-refractivity contribution in [2.24, 2.45) is 5.92 Å². The molecule has 0 amide bonds. The summed E-state index contributed by atoms with van der Waals surface area (Å²) in [6, 6.07) is 20.2. The number of nitrogens with one attached hydrogen (secondary N) is 1. The molecule has 1 aliphatic rings. The van der Waals surface area contributed by atoms with E-state index in [1.807, 2.05) is 11.3 Å². The van der Waals surface area contributed by atoms with Crippen LogP contribution in [0.2, 0.25) is 0 Å². The second kappa shape index (κ2) is 6.23. The third kappa shape index (κ3) is 2.69. The predicted molar refractivity (Wildman–Crippen MR) is 95.7 cm³/mol. The van der Waals surface area contributed by atoms with Crippen molar-refractivity contribution in [2.75, 3.05) is 13.1 Å². The van der Waals surface area contributed by atoms with E-state index in [1.54, 1.807) is 0 Å². The van der Waals surface area contributed by atoms with Crippen LogP contribution >= 0.6 is 11.3 Å². The number of piperidine rings is 1. The lowest BCUT2D eigenvalue weighted by atomic mass is 9.79. The molecule has 1 unspecified atom stereocenters. The van der Waals surface area contributed by atoms with Crippen molar-refractivity contribution in [3.05, 3.63) is 70.4 Å². The van der Waals surface area contributed by atoms with E-state index in [0.29, 0.717) is 5.92 Å². The summed E-state index contributed by atoms with van der Waals surface area (Å²) >= 11 is 1.90. The zero-order valence-corrected chi connectivity index (χ0v) is 13.5. The molecule has 0 bridgehead atoms. The van der Waals surface area contributed by atoms with Gasteiger partial charge in [-0.1, -0.05) is 48.5 Å². The second-order valence-electron chi connectivity index (χ2n) is 6.19. The van der Waals surface area contributed by atoms with Crippen molar-refractivity contribution in [1.29, 1.82) is 0 Å². The summed E-state index contributed by atoms with van der Waals surface area (Å²) in [4.78, 5) is 1.52. The van der Waals surface area contributed by atoms with Crippen LogP contribution in [0, 0.1) is 5.92 Å².